The molecule has 0 saturated carbocycles. The van der Waals surface area contributed by atoms with Gasteiger partial charge in [-0.25, -0.2) is 4.98 Å². The number of halogens is 1. The van der Waals surface area contributed by atoms with E-state index in [4.69, 9.17) is 11.6 Å². The molecule has 0 bridgehead atoms. The lowest BCUT2D eigenvalue weighted by molar-refractivity contribution is 0.609. The maximum Gasteiger partial charge on any atom is 0.157 e. The summed E-state index contributed by atoms with van der Waals surface area (Å²) in [7, 11) is 0. The Kier molecular flexibility index (Phi) is 3.55. The zero-order valence-corrected chi connectivity index (χ0v) is 12.8. The number of benzene rings is 1. The number of pyridine rings is 1. The number of aromatic nitrogens is 3. The van der Waals surface area contributed by atoms with E-state index < -0.39 is 0 Å². The molecule has 0 spiro atoms. The largest absolute Gasteiger partial charge is 0.359 e. The Morgan fingerprint density at radius 1 is 1.24 bits per heavy atom. The second-order valence-corrected chi connectivity index (χ2v) is 5.67. The zero-order valence-electron chi connectivity index (χ0n) is 12.0. The first-order valence-electron chi connectivity index (χ1n) is 6.82. The maximum atomic E-state index is 6.25. The molecule has 0 aliphatic rings. The predicted octanol–water partition coefficient (Wildman–Crippen LogP) is 3.60. The van der Waals surface area contributed by atoms with Crippen molar-refractivity contribution in [2.75, 3.05) is 11.2 Å². The molecule has 1 N–H and O–H groups in total. The Morgan fingerprint density at radius 2 is 2.00 bits per heavy atom. The number of aryl methyl sites for hydroxylation is 1. The molecule has 0 aliphatic carbocycles. The normalized spacial score (nSPS) is 14.0. The molecule has 5 heteroatoms. The summed E-state index contributed by atoms with van der Waals surface area (Å²) in [5.41, 5.74) is 2.70. The molecule has 1 aromatic carbocycles. The second-order valence-electron chi connectivity index (χ2n) is 5.40. The third kappa shape index (κ3) is 2.59. The predicted molar refractivity (Wildman–Crippen MR) is 85.9 cm³/mol. The van der Waals surface area contributed by atoms with E-state index in [2.05, 4.69) is 40.5 Å². The summed E-state index contributed by atoms with van der Waals surface area (Å²) < 4.78 is 1.79. The van der Waals surface area contributed by atoms with Crippen molar-refractivity contribution in [1.82, 2.24) is 14.6 Å². The first-order valence-corrected chi connectivity index (χ1v) is 7.36. The van der Waals surface area contributed by atoms with Crippen LogP contribution < -0.4 is 5.32 Å². The smallest absolute Gasteiger partial charge is 0.157 e. The van der Waals surface area contributed by atoms with E-state index in [1.807, 2.05) is 31.2 Å². The van der Waals surface area contributed by atoms with Gasteiger partial charge in [0.1, 0.15) is 12.1 Å². The highest BCUT2D eigenvalue weighted by atomic mass is 35.5. The Balaban J connectivity index is 2.05. The highest BCUT2D eigenvalue weighted by Gasteiger charge is 2.26. The summed E-state index contributed by atoms with van der Waals surface area (Å²) >= 11 is 6.25. The fourth-order valence-electron chi connectivity index (χ4n) is 2.42. The average molecular weight is 301 g/mol. The van der Waals surface area contributed by atoms with Crippen molar-refractivity contribution in [2.24, 2.45) is 0 Å². The number of fused-ring (bicyclic) bond motifs is 1. The van der Waals surface area contributed by atoms with E-state index in [1.165, 1.54) is 0 Å². The molecule has 1 atom stereocenters. The van der Waals surface area contributed by atoms with Crippen molar-refractivity contribution in [3.05, 3.63) is 59.9 Å². The molecule has 1 unspecified atom stereocenters. The van der Waals surface area contributed by atoms with Gasteiger partial charge in [-0.05, 0) is 37.1 Å². The highest BCUT2D eigenvalue weighted by molar-refractivity contribution is 6.18. The topological polar surface area (TPSA) is 42.2 Å². The van der Waals surface area contributed by atoms with Crippen LogP contribution in [0.3, 0.4) is 0 Å². The molecule has 3 aromatic rings. The minimum Gasteiger partial charge on any atom is -0.359 e. The summed E-state index contributed by atoms with van der Waals surface area (Å²) in [6, 6.07) is 14.2. The fourth-order valence-corrected chi connectivity index (χ4v) is 2.64. The van der Waals surface area contributed by atoms with E-state index in [1.54, 1.807) is 10.8 Å². The lowest BCUT2D eigenvalue weighted by Gasteiger charge is -2.30. The van der Waals surface area contributed by atoms with Crippen LogP contribution in [-0.4, -0.2) is 20.5 Å². The van der Waals surface area contributed by atoms with Crippen LogP contribution in [0.5, 0.6) is 0 Å². The first kappa shape index (κ1) is 13.9. The molecule has 108 valence electrons. The summed E-state index contributed by atoms with van der Waals surface area (Å²) in [6.45, 7) is 4.13. The molecule has 0 amide bonds. The van der Waals surface area contributed by atoms with Crippen molar-refractivity contribution in [3.8, 4) is 0 Å². The van der Waals surface area contributed by atoms with Crippen LogP contribution in [0.2, 0.25) is 0 Å². The average Bonchev–Trinajstić information content (AvgIpc) is 2.96. The van der Waals surface area contributed by atoms with Crippen LogP contribution in [0.1, 0.15) is 18.1 Å². The summed E-state index contributed by atoms with van der Waals surface area (Å²) in [5, 5.41) is 7.79. The lowest BCUT2D eigenvalue weighted by atomic mass is 9.94. The van der Waals surface area contributed by atoms with Crippen molar-refractivity contribution >= 4 is 23.1 Å². The third-order valence-electron chi connectivity index (χ3n) is 3.61. The molecule has 0 saturated heterocycles. The Morgan fingerprint density at radius 3 is 2.71 bits per heavy atom. The standard InChI is InChI=1S/C16H17ClN4/c1-12-8-14-18-11-19-21(14)15(9-12)20-16(2,10-17)13-6-4-3-5-7-13/h3-9,11,20H,10H2,1-2H3. The van der Waals surface area contributed by atoms with Gasteiger partial charge in [0.2, 0.25) is 0 Å². The number of alkyl halides is 1. The van der Waals surface area contributed by atoms with Crippen molar-refractivity contribution in [3.63, 3.8) is 0 Å². The van der Waals surface area contributed by atoms with Gasteiger partial charge in [0.05, 0.1) is 5.54 Å². The molecule has 2 heterocycles. The monoisotopic (exact) mass is 300 g/mol. The molecule has 2 aromatic heterocycles. The molecular formula is C16H17ClN4. The summed E-state index contributed by atoms with van der Waals surface area (Å²) in [5.74, 6) is 1.33. The van der Waals surface area contributed by atoms with Crippen LogP contribution >= 0.6 is 11.6 Å². The van der Waals surface area contributed by atoms with Crippen molar-refractivity contribution in [1.29, 1.82) is 0 Å². The van der Waals surface area contributed by atoms with Gasteiger partial charge in [0.15, 0.2) is 5.65 Å². The minimum atomic E-state index is -0.379. The Hall–Kier alpha value is -2.07. The van der Waals surface area contributed by atoms with Gasteiger partial charge in [-0.1, -0.05) is 30.3 Å². The fraction of sp³-hybridized carbons (Fsp3) is 0.250. The number of rotatable bonds is 4. The molecular weight excluding hydrogens is 284 g/mol. The van der Waals surface area contributed by atoms with Crippen LogP contribution in [0.25, 0.3) is 5.65 Å². The van der Waals surface area contributed by atoms with Gasteiger partial charge in [-0.15, -0.1) is 11.6 Å². The SMILES string of the molecule is Cc1cc(NC(C)(CCl)c2ccccc2)n2ncnc2c1. The van der Waals surface area contributed by atoms with Crippen LogP contribution in [0.15, 0.2) is 48.8 Å². The molecule has 21 heavy (non-hydrogen) atoms. The van der Waals surface area contributed by atoms with Crippen LogP contribution in [-0.2, 0) is 5.54 Å². The van der Waals surface area contributed by atoms with E-state index in [0.717, 1.165) is 22.6 Å². The first-order chi connectivity index (χ1) is 10.1. The number of anilines is 1. The second kappa shape index (κ2) is 5.37. The van der Waals surface area contributed by atoms with E-state index in [0.29, 0.717) is 5.88 Å². The van der Waals surface area contributed by atoms with E-state index >= 15 is 0 Å². The summed E-state index contributed by atoms with van der Waals surface area (Å²) in [4.78, 5) is 4.25. The third-order valence-corrected chi connectivity index (χ3v) is 4.14. The molecule has 4 nitrogen and oxygen atoms in total. The maximum absolute atomic E-state index is 6.25. The van der Waals surface area contributed by atoms with Crippen molar-refractivity contribution < 1.29 is 0 Å². The van der Waals surface area contributed by atoms with Crippen molar-refractivity contribution in [2.45, 2.75) is 19.4 Å². The number of nitrogens with zero attached hydrogens (tertiary/aromatic N) is 3. The van der Waals surface area contributed by atoms with E-state index in [9.17, 15) is 0 Å². The Labute approximate surface area is 128 Å². The van der Waals surface area contributed by atoms with E-state index in [-0.39, 0.29) is 5.54 Å². The van der Waals surface area contributed by atoms with Gasteiger partial charge in [-0.3, -0.25) is 0 Å². The Bertz CT molecular complexity index is 753. The van der Waals surface area contributed by atoms with Gasteiger partial charge in [0.25, 0.3) is 0 Å². The number of nitrogens with one attached hydrogen (secondary N) is 1. The molecule has 0 radical (unpaired) electrons. The van der Waals surface area contributed by atoms with Gasteiger partial charge in [0, 0.05) is 5.88 Å². The molecule has 0 aliphatic heterocycles. The minimum absolute atomic E-state index is 0.379. The van der Waals surface area contributed by atoms with Crippen LogP contribution in [0, 0.1) is 6.92 Å². The molecule has 0 fully saturated rings. The number of hydrogen-bond donors (Lipinski definition) is 1. The quantitative estimate of drug-likeness (QED) is 0.749. The number of hydrogen-bond acceptors (Lipinski definition) is 3. The lowest BCUT2D eigenvalue weighted by Crippen LogP contribution is -2.34. The highest BCUT2D eigenvalue weighted by Crippen LogP contribution is 2.28. The van der Waals surface area contributed by atoms with Gasteiger partial charge < -0.3 is 5.32 Å². The summed E-state index contributed by atoms with van der Waals surface area (Å²) in [6.07, 6.45) is 1.56. The van der Waals surface area contributed by atoms with Gasteiger partial charge >= 0.3 is 0 Å². The molecule has 3 rings (SSSR count). The van der Waals surface area contributed by atoms with Gasteiger partial charge in [-0.2, -0.15) is 9.61 Å². The van der Waals surface area contributed by atoms with Crippen LogP contribution in [0.4, 0.5) is 5.82 Å². The zero-order chi connectivity index (χ0) is 14.9.